The van der Waals surface area contributed by atoms with Gasteiger partial charge >= 0.3 is 0 Å². The van der Waals surface area contributed by atoms with Crippen molar-refractivity contribution in [3.05, 3.63) is 54.1 Å². The molecule has 2 aromatic carbocycles. The first kappa shape index (κ1) is 18.5. The smallest absolute Gasteiger partial charge is 0.255 e. The maximum absolute atomic E-state index is 12.3. The monoisotopic (exact) mass is 340 g/mol. The SMILES string of the molecule is CCC(CC)C(=O)Nc1ccc(C(=O)Nc2ccc(OC)cc2)cc1. The van der Waals surface area contributed by atoms with Crippen molar-refractivity contribution in [2.45, 2.75) is 26.7 Å². The molecule has 0 aliphatic rings. The van der Waals surface area contributed by atoms with Crippen LogP contribution in [0.25, 0.3) is 0 Å². The van der Waals surface area contributed by atoms with Gasteiger partial charge < -0.3 is 15.4 Å². The summed E-state index contributed by atoms with van der Waals surface area (Å²) in [6, 6.07) is 14.0. The van der Waals surface area contributed by atoms with Crippen LogP contribution in [-0.4, -0.2) is 18.9 Å². The first-order valence-electron chi connectivity index (χ1n) is 8.43. The molecule has 0 aliphatic heterocycles. The highest BCUT2D eigenvalue weighted by molar-refractivity contribution is 6.04. The maximum atomic E-state index is 12.3. The number of carbonyl (C=O) groups excluding carboxylic acids is 2. The Balaban J connectivity index is 1.98. The zero-order valence-corrected chi connectivity index (χ0v) is 14.8. The molecule has 2 rings (SSSR count). The predicted molar refractivity (Wildman–Crippen MR) is 100 cm³/mol. The average molecular weight is 340 g/mol. The van der Waals surface area contributed by atoms with Crippen LogP contribution in [-0.2, 0) is 4.79 Å². The Morgan fingerprint density at radius 3 is 1.92 bits per heavy atom. The molecular formula is C20H24N2O3. The summed E-state index contributed by atoms with van der Waals surface area (Å²) in [4.78, 5) is 24.4. The molecule has 0 saturated heterocycles. The van der Waals surface area contributed by atoms with E-state index in [1.54, 1.807) is 55.6 Å². The number of benzene rings is 2. The Morgan fingerprint density at radius 2 is 1.40 bits per heavy atom. The van der Waals surface area contributed by atoms with E-state index in [9.17, 15) is 9.59 Å². The van der Waals surface area contributed by atoms with Gasteiger partial charge in [0.1, 0.15) is 5.75 Å². The lowest BCUT2D eigenvalue weighted by molar-refractivity contribution is -0.120. The maximum Gasteiger partial charge on any atom is 0.255 e. The van der Waals surface area contributed by atoms with Gasteiger partial charge in [0, 0.05) is 22.9 Å². The highest BCUT2D eigenvalue weighted by Gasteiger charge is 2.14. The summed E-state index contributed by atoms with van der Waals surface area (Å²) in [5, 5.41) is 5.71. The Hall–Kier alpha value is -2.82. The largest absolute Gasteiger partial charge is 0.497 e. The van der Waals surface area contributed by atoms with Gasteiger partial charge in [-0.2, -0.15) is 0 Å². The summed E-state index contributed by atoms with van der Waals surface area (Å²) in [6.07, 6.45) is 1.62. The Kier molecular flexibility index (Phi) is 6.57. The minimum atomic E-state index is -0.206. The van der Waals surface area contributed by atoms with E-state index >= 15 is 0 Å². The van der Waals surface area contributed by atoms with E-state index in [4.69, 9.17) is 4.74 Å². The molecule has 0 saturated carbocycles. The average Bonchev–Trinajstić information content (AvgIpc) is 2.64. The van der Waals surface area contributed by atoms with Crippen molar-refractivity contribution in [2.75, 3.05) is 17.7 Å². The van der Waals surface area contributed by atoms with Gasteiger partial charge in [0.05, 0.1) is 7.11 Å². The molecule has 2 N–H and O–H groups in total. The molecule has 0 unspecified atom stereocenters. The van der Waals surface area contributed by atoms with Crippen molar-refractivity contribution in [2.24, 2.45) is 5.92 Å². The molecule has 25 heavy (non-hydrogen) atoms. The topological polar surface area (TPSA) is 67.4 Å². The third-order valence-corrected chi connectivity index (χ3v) is 4.12. The molecule has 0 radical (unpaired) electrons. The molecular weight excluding hydrogens is 316 g/mol. The van der Waals surface area contributed by atoms with Crippen LogP contribution in [0.5, 0.6) is 5.75 Å². The molecule has 0 aliphatic carbocycles. The summed E-state index contributed by atoms with van der Waals surface area (Å²) < 4.78 is 5.09. The number of carbonyl (C=O) groups is 2. The molecule has 0 aromatic heterocycles. The lowest BCUT2D eigenvalue weighted by Crippen LogP contribution is -2.21. The second-order valence-corrected chi connectivity index (χ2v) is 5.76. The fourth-order valence-corrected chi connectivity index (χ4v) is 2.49. The van der Waals surface area contributed by atoms with E-state index < -0.39 is 0 Å². The molecule has 5 nitrogen and oxygen atoms in total. The van der Waals surface area contributed by atoms with Crippen LogP contribution in [0.4, 0.5) is 11.4 Å². The van der Waals surface area contributed by atoms with Gasteiger partial charge in [-0.05, 0) is 61.4 Å². The van der Waals surface area contributed by atoms with Crippen LogP contribution in [0.15, 0.2) is 48.5 Å². The molecule has 0 bridgehead atoms. The summed E-state index contributed by atoms with van der Waals surface area (Å²) in [7, 11) is 1.59. The lowest BCUT2D eigenvalue weighted by atomic mass is 10.0. The predicted octanol–water partition coefficient (Wildman–Crippen LogP) is 4.32. The van der Waals surface area contributed by atoms with E-state index in [-0.39, 0.29) is 17.7 Å². The fraction of sp³-hybridized carbons (Fsp3) is 0.300. The number of methoxy groups -OCH3 is 1. The minimum absolute atomic E-state index is 0.0121. The highest BCUT2D eigenvalue weighted by Crippen LogP contribution is 2.17. The van der Waals surface area contributed by atoms with E-state index in [1.165, 1.54) is 0 Å². The molecule has 2 aromatic rings. The number of rotatable bonds is 7. The number of ether oxygens (including phenoxy) is 1. The Labute approximate surface area is 148 Å². The first-order valence-corrected chi connectivity index (χ1v) is 8.43. The number of anilines is 2. The van der Waals surface area contributed by atoms with Gasteiger partial charge in [0.2, 0.25) is 5.91 Å². The molecule has 0 atom stereocenters. The molecule has 132 valence electrons. The fourth-order valence-electron chi connectivity index (χ4n) is 2.49. The van der Waals surface area contributed by atoms with E-state index in [0.29, 0.717) is 16.9 Å². The van der Waals surface area contributed by atoms with Gasteiger partial charge in [0.25, 0.3) is 5.91 Å². The van der Waals surface area contributed by atoms with Crippen molar-refractivity contribution in [3.8, 4) is 5.75 Å². The highest BCUT2D eigenvalue weighted by atomic mass is 16.5. The number of hydrogen-bond donors (Lipinski definition) is 2. The van der Waals surface area contributed by atoms with Crippen LogP contribution in [0.1, 0.15) is 37.0 Å². The van der Waals surface area contributed by atoms with E-state index in [1.807, 2.05) is 13.8 Å². The van der Waals surface area contributed by atoms with Crippen LogP contribution in [0.2, 0.25) is 0 Å². The Bertz CT molecular complexity index is 705. The molecule has 0 spiro atoms. The van der Waals surface area contributed by atoms with Crippen molar-refractivity contribution in [3.63, 3.8) is 0 Å². The van der Waals surface area contributed by atoms with Crippen LogP contribution in [0.3, 0.4) is 0 Å². The van der Waals surface area contributed by atoms with Gasteiger partial charge in [-0.1, -0.05) is 13.8 Å². The standard InChI is InChI=1S/C20H24N2O3/c1-4-14(5-2)19(23)21-16-8-6-15(7-9-16)20(24)22-17-10-12-18(25-3)13-11-17/h6-14H,4-5H2,1-3H3,(H,21,23)(H,22,24). The zero-order chi connectivity index (χ0) is 18.2. The molecule has 0 heterocycles. The second kappa shape index (κ2) is 8.87. The third-order valence-electron chi connectivity index (χ3n) is 4.12. The molecule has 2 amide bonds. The van der Waals surface area contributed by atoms with Gasteiger partial charge in [0.15, 0.2) is 0 Å². The van der Waals surface area contributed by atoms with Gasteiger partial charge in [-0.25, -0.2) is 0 Å². The first-order chi connectivity index (χ1) is 12.1. The van der Waals surface area contributed by atoms with Crippen molar-refractivity contribution in [1.82, 2.24) is 0 Å². The lowest BCUT2D eigenvalue weighted by Gasteiger charge is -2.13. The van der Waals surface area contributed by atoms with Crippen molar-refractivity contribution < 1.29 is 14.3 Å². The quantitative estimate of drug-likeness (QED) is 0.788. The van der Waals surface area contributed by atoms with Crippen LogP contribution < -0.4 is 15.4 Å². The normalized spacial score (nSPS) is 10.4. The minimum Gasteiger partial charge on any atom is -0.497 e. The van der Waals surface area contributed by atoms with Crippen LogP contribution >= 0.6 is 0 Å². The van der Waals surface area contributed by atoms with Crippen LogP contribution in [0, 0.1) is 5.92 Å². The van der Waals surface area contributed by atoms with Crippen molar-refractivity contribution >= 4 is 23.2 Å². The third kappa shape index (κ3) is 5.08. The number of nitrogens with one attached hydrogen (secondary N) is 2. The van der Waals surface area contributed by atoms with Gasteiger partial charge in [-0.3, -0.25) is 9.59 Å². The number of amides is 2. The zero-order valence-electron chi connectivity index (χ0n) is 14.8. The molecule has 0 fully saturated rings. The van der Waals surface area contributed by atoms with E-state index in [2.05, 4.69) is 10.6 Å². The van der Waals surface area contributed by atoms with Gasteiger partial charge in [-0.15, -0.1) is 0 Å². The number of hydrogen-bond acceptors (Lipinski definition) is 3. The Morgan fingerprint density at radius 1 is 0.880 bits per heavy atom. The van der Waals surface area contributed by atoms with Crippen molar-refractivity contribution in [1.29, 1.82) is 0 Å². The summed E-state index contributed by atoms with van der Waals surface area (Å²) >= 11 is 0. The summed E-state index contributed by atoms with van der Waals surface area (Å²) in [6.45, 7) is 4.00. The summed E-state index contributed by atoms with van der Waals surface area (Å²) in [5.74, 6) is 0.553. The second-order valence-electron chi connectivity index (χ2n) is 5.76. The molecule has 5 heteroatoms. The van der Waals surface area contributed by atoms with E-state index in [0.717, 1.165) is 18.6 Å². The summed E-state index contributed by atoms with van der Waals surface area (Å²) in [5.41, 5.74) is 1.91.